The van der Waals surface area contributed by atoms with Crippen LogP contribution < -0.4 is 0 Å². The van der Waals surface area contributed by atoms with Crippen LogP contribution in [0.4, 0.5) is 5.69 Å². The summed E-state index contributed by atoms with van der Waals surface area (Å²) in [4.78, 5) is 19.4. The van der Waals surface area contributed by atoms with Gasteiger partial charge in [0.25, 0.3) is 11.5 Å². The van der Waals surface area contributed by atoms with Crippen molar-refractivity contribution in [1.29, 1.82) is 0 Å². The van der Waals surface area contributed by atoms with Gasteiger partial charge in [-0.3, -0.25) is 10.1 Å². The molecule has 130 valence electrons. The highest BCUT2D eigenvalue weighted by molar-refractivity contribution is 7.99. The second-order valence-corrected chi connectivity index (χ2v) is 6.58. The second kappa shape index (κ2) is 6.60. The number of benzene rings is 1. The minimum atomic E-state index is -0.429. The fourth-order valence-electron chi connectivity index (χ4n) is 2.54. The first-order valence-electron chi connectivity index (χ1n) is 7.85. The van der Waals surface area contributed by atoms with E-state index in [0.717, 1.165) is 11.3 Å². The molecular formula is C17H13N5O3S. The first kappa shape index (κ1) is 16.3. The summed E-state index contributed by atoms with van der Waals surface area (Å²) in [5.74, 6) is 1.93. The van der Waals surface area contributed by atoms with Crippen molar-refractivity contribution in [2.24, 2.45) is 0 Å². The highest BCUT2D eigenvalue weighted by Crippen LogP contribution is 2.28. The Morgan fingerprint density at radius 1 is 1.23 bits per heavy atom. The molecule has 8 nitrogen and oxygen atoms in total. The summed E-state index contributed by atoms with van der Waals surface area (Å²) in [5.41, 5.74) is 2.13. The molecule has 4 aromatic rings. The first-order chi connectivity index (χ1) is 12.7. The Kier molecular flexibility index (Phi) is 4.13. The van der Waals surface area contributed by atoms with Gasteiger partial charge in [-0.2, -0.15) is 9.50 Å². The number of non-ortho nitro benzene ring substituents is 1. The maximum Gasteiger partial charge on any atom is 0.269 e. The van der Waals surface area contributed by atoms with E-state index in [-0.39, 0.29) is 5.69 Å². The number of aromatic nitrogens is 4. The standard InChI is InChI=1S/C17H13N5O3S/c1-2-26-17-19-16-18-13(11-5-7-12(8-6-11)22(23)24)10-14(21(16)20-17)15-4-3-9-25-15/h3-10H,2H2,1H3. The minimum Gasteiger partial charge on any atom is -0.463 e. The van der Waals surface area contributed by atoms with Crippen molar-refractivity contribution < 1.29 is 9.34 Å². The molecule has 0 unspecified atom stereocenters. The van der Waals surface area contributed by atoms with Gasteiger partial charge in [0.15, 0.2) is 5.76 Å². The van der Waals surface area contributed by atoms with Crippen LogP contribution in [0.25, 0.3) is 28.5 Å². The van der Waals surface area contributed by atoms with Gasteiger partial charge < -0.3 is 4.42 Å². The van der Waals surface area contributed by atoms with E-state index in [0.29, 0.717) is 28.1 Å². The van der Waals surface area contributed by atoms with Gasteiger partial charge in [-0.15, -0.1) is 5.10 Å². The quantitative estimate of drug-likeness (QED) is 0.298. The summed E-state index contributed by atoms with van der Waals surface area (Å²) in [6.07, 6.45) is 1.59. The van der Waals surface area contributed by atoms with Crippen molar-refractivity contribution in [3.63, 3.8) is 0 Å². The molecule has 4 rings (SSSR count). The predicted molar refractivity (Wildman–Crippen MR) is 97.0 cm³/mol. The van der Waals surface area contributed by atoms with Gasteiger partial charge in [0.05, 0.1) is 16.9 Å². The SMILES string of the molecule is CCSc1nc2nc(-c3ccc([N+](=O)[O-])cc3)cc(-c3ccco3)n2n1. The topological polar surface area (TPSA) is 99.4 Å². The lowest BCUT2D eigenvalue weighted by Crippen LogP contribution is -1.98. The number of nitrogens with zero attached hydrogens (tertiary/aromatic N) is 5. The minimum absolute atomic E-state index is 0.0326. The van der Waals surface area contributed by atoms with Crippen LogP contribution in [0, 0.1) is 10.1 Å². The van der Waals surface area contributed by atoms with Crippen molar-refractivity contribution in [3.05, 3.63) is 58.8 Å². The number of furan rings is 1. The smallest absolute Gasteiger partial charge is 0.269 e. The van der Waals surface area contributed by atoms with E-state index in [2.05, 4.69) is 15.1 Å². The number of hydrogen-bond donors (Lipinski definition) is 0. The van der Waals surface area contributed by atoms with Gasteiger partial charge >= 0.3 is 0 Å². The highest BCUT2D eigenvalue weighted by atomic mass is 32.2. The Bertz CT molecular complexity index is 1070. The molecular weight excluding hydrogens is 354 g/mol. The average molecular weight is 367 g/mol. The highest BCUT2D eigenvalue weighted by Gasteiger charge is 2.16. The molecule has 1 aromatic carbocycles. The predicted octanol–water partition coefficient (Wildman–Crippen LogP) is 4.07. The van der Waals surface area contributed by atoms with Crippen LogP contribution in [0.3, 0.4) is 0 Å². The van der Waals surface area contributed by atoms with Crippen molar-refractivity contribution in [1.82, 2.24) is 19.6 Å². The molecule has 0 amide bonds. The zero-order chi connectivity index (χ0) is 18.1. The lowest BCUT2D eigenvalue weighted by atomic mass is 10.1. The maximum absolute atomic E-state index is 10.9. The largest absolute Gasteiger partial charge is 0.463 e. The van der Waals surface area contributed by atoms with Crippen LogP contribution in [0.5, 0.6) is 0 Å². The number of hydrogen-bond acceptors (Lipinski definition) is 7. The van der Waals surface area contributed by atoms with Crippen molar-refractivity contribution >= 4 is 23.2 Å². The van der Waals surface area contributed by atoms with Gasteiger partial charge in [-0.25, -0.2) is 4.98 Å². The molecule has 3 aromatic heterocycles. The molecule has 9 heteroatoms. The molecule has 3 heterocycles. The van der Waals surface area contributed by atoms with Gasteiger partial charge in [0.1, 0.15) is 5.69 Å². The summed E-state index contributed by atoms with van der Waals surface area (Å²) < 4.78 is 7.17. The van der Waals surface area contributed by atoms with E-state index in [1.165, 1.54) is 23.9 Å². The van der Waals surface area contributed by atoms with E-state index >= 15 is 0 Å². The van der Waals surface area contributed by atoms with Crippen LogP contribution in [0.2, 0.25) is 0 Å². The Morgan fingerprint density at radius 2 is 2.04 bits per heavy atom. The number of nitro groups is 1. The number of thioether (sulfide) groups is 1. The fourth-order valence-corrected chi connectivity index (χ4v) is 3.09. The van der Waals surface area contributed by atoms with E-state index in [1.807, 2.05) is 19.1 Å². The summed E-state index contributed by atoms with van der Waals surface area (Å²) in [6, 6.07) is 11.7. The molecule has 0 spiro atoms. The van der Waals surface area contributed by atoms with Crippen molar-refractivity contribution in [3.8, 4) is 22.7 Å². The summed E-state index contributed by atoms with van der Waals surface area (Å²) >= 11 is 1.53. The van der Waals surface area contributed by atoms with Crippen LogP contribution in [-0.4, -0.2) is 30.3 Å². The Labute approximate surface area is 152 Å². The summed E-state index contributed by atoms with van der Waals surface area (Å²) in [7, 11) is 0. The van der Waals surface area contributed by atoms with Gasteiger partial charge in [0.2, 0.25) is 5.16 Å². The lowest BCUT2D eigenvalue weighted by molar-refractivity contribution is -0.384. The lowest BCUT2D eigenvalue weighted by Gasteiger charge is -2.05. The molecule has 26 heavy (non-hydrogen) atoms. The number of nitro benzene ring substituents is 1. The summed E-state index contributed by atoms with van der Waals surface area (Å²) in [6.45, 7) is 2.03. The molecule has 0 saturated heterocycles. The third-order valence-electron chi connectivity index (χ3n) is 3.71. The van der Waals surface area contributed by atoms with E-state index < -0.39 is 4.92 Å². The van der Waals surface area contributed by atoms with Crippen molar-refractivity contribution in [2.75, 3.05) is 5.75 Å². The molecule has 0 atom stereocenters. The van der Waals surface area contributed by atoms with E-state index in [4.69, 9.17) is 4.42 Å². The van der Waals surface area contributed by atoms with Gasteiger partial charge in [-0.1, -0.05) is 18.7 Å². The second-order valence-electron chi connectivity index (χ2n) is 5.35. The summed E-state index contributed by atoms with van der Waals surface area (Å²) in [5, 5.41) is 16.0. The molecule has 0 bridgehead atoms. The van der Waals surface area contributed by atoms with Crippen molar-refractivity contribution in [2.45, 2.75) is 12.1 Å². The van der Waals surface area contributed by atoms with Crippen LogP contribution >= 0.6 is 11.8 Å². The maximum atomic E-state index is 10.9. The zero-order valence-electron chi connectivity index (χ0n) is 13.7. The molecule has 0 saturated carbocycles. The zero-order valence-corrected chi connectivity index (χ0v) is 14.5. The first-order valence-corrected chi connectivity index (χ1v) is 8.83. The van der Waals surface area contributed by atoms with E-state index in [9.17, 15) is 10.1 Å². The molecule has 0 aliphatic rings. The Hall–Kier alpha value is -3.20. The normalized spacial score (nSPS) is 11.1. The molecule has 0 N–H and O–H groups in total. The number of fused-ring (bicyclic) bond motifs is 1. The van der Waals surface area contributed by atoms with E-state index in [1.54, 1.807) is 29.0 Å². The Morgan fingerprint density at radius 3 is 2.69 bits per heavy atom. The third kappa shape index (κ3) is 2.93. The van der Waals surface area contributed by atoms with Crippen LogP contribution in [0.15, 0.2) is 58.3 Å². The Balaban J connectivity index is 1.88. The monoisotopic (exact) mass is 367 g/mol. The number of rotatable bonds is 5. The fraction of sp³-hybridized carbons (Fsp3) is 0.118. The average Bonchev–Trinajstić information content (AvgIpc) is 3.30. The molecule has 0 aliphatic carbocycles. The van der Waals surface area contributed by atoms with Crippen LogP contribution in [0.1, 0.15) is 6.92 Å². The third-order valence-corrected chi connectivity index (χ3v) is 4.43. The molecule has 0 fully saturated rings. The van der Waals surface area contributed by atoms with Crippen LogP contribution in [-0.2, 0) is 0 Å². The molecule has 0 aliphatic heterocycles. The molecule has 0 radical (unpaired) electrons. The van der Waals surface area contributed by atoms with Gasteiger partial charge in [-0.05, 0) is 36.1 Å². The van der Waals surface area contributed by atoms with Gasteiger partial charge in [0, 0.05) is 17.7 Å².